The van der Waals surface area contributed by atoms with E-state index in [1.807, 2.05) is 6.92 Å². The van der Waals surface area contributed by atoms with Gasteiger partial charge in [0.05, 0.1) is 24.2 Å². The molecule has 1 aromatic heterocycles. The van der Waals surface area contributed by atoms with Crippen LogP contribution in [-0.4, -0.2) is 41.9 Å². The van der Waals surface area contributed by atoms with Gasteiger partial charge in [0.2, 0.25) is 0 Å². The van der Waals surface area contributed by atoms with Crippen LogP contribution in [0.5, 0.6) is 0 Å². The molecule has 0 spiro atoms. The number of hydrogen-bond donors (Lipinski definition) is 1. The average molecular weight is 267 g/mol. The van der Waals surface area contributed by atoms with Crippen LogP contribution in [0.4, 0.5) is 11.5 Å². The summed E-state index contributed by atoms with van der Waals surface area (Å²) in [6.07, 6.45) is 2.34. The number of pyridine rings is 1. The van der Waals surface area contributed by atoms with E-state index < -0.39 is 4.92 Å². The minimum absolute atomic E-state index is 0.0162. The first-order chi connectivity index (χ1) is 9.15. The Morgan fingerprint density at radius 1 is 1.68 bits per heavy atom. The summed E-state index contributed by atoms with van der Waals surface area (Å²) in [5.41, 5.74) is -0.0162. The normalized spacial score (nSPS) is 20.2. The van der Waals surface area contributed by atoms with Gasteiger partial charge in [0.25, 0.3) is 5.69 Å². The molecule has 0 bridgehead atoms. The fourth-order valence-corrected chi connectivity index (χ4v) is 1.80. The third-order valence-electron chi connectivity index (χ3n) is 2.82. The third kappa shape index (κ3) is 4.15. The SMILES string of the molecule is CC(COC1CCOC1)Nc1ccc([N+](=O)[O-])cn1. The molecule has 0 saturated carbocycles. The predicted molar refractivity (Wildman–Crippen MR) is 69.2 cm³/mol. The van der Waals surface area contributed by atoms with Gasteiger partial charge in [-0.25, -0.2) is 4.98 Å². The van der Waals surface area contributed by atoms with Gasteiger partial charge in [-0.15, -0.1) is 0 Å². The van der Waals surface area contributed by atoms with E-state index in [1.54, 1.807) is 6.07 Å². The van der Waals surface area contributed by atoms with E-state index in [4.69, 9.17) is 9.47 Å². The van der Waals surface area contributed by atoms with Crippen molar-refractivity contribution in [3.63, 3.8) is 0 Å². The molecule has 1 N–H and O–H groups in total. The van der Waals surface area contributed by atoms with Crippen LogP contribution >= 0.6 is 0 Å². The first kappa shape index (κ1) is 13.7. The van der Waals surface area contributed by atoms with Crippen molar-refractivity contribution in [2.45, 2.75) is 25.5 Å². The lowest BCUT2D eigenvalue weighted by Gasteiger charge is -2.17. The number of aromatic nitrogens is 1. The predicted octanol–water partition coefficient (Wildman–Crippen LogP) is 1.60. The van der Waals surface area contributed by atoms with Gasteiger partial charge in [-0.05, 0) is 19.4 Å². The van der Waals surface area contributed by atoms with Crippen molar-refractivity contribution in [3.8, 4) is 0 Å². The molecule has 0 aliphatic carbocycles. The van der Waals surface area contributed by atoms with Crippen LogP contribution in [0.2, 0.25) is 0 Å². The highest BCUT2D eigenvalue weighted by Gasteiger charge is 2.17. The molecule has 1 aliphatic heterocycles. The van der Waals surface area contributed by atoms with Gasteiger partial charge in [-0.2, -0.15) is 0 Å². The van der Waals surface area contributed by atoms with Crippen LogP contribution < -0.4 is 5.32 Å². The van der Waals surface area contributed by atoms with Crippen LogP contribution in [0.3, 0.4) is 0 Å². The molecule has 0 aromatic carbocycles. The minimum Gasteiger partial charge on any atom is -0.379 e. The standard InChI is InChI=1S/C12H17N3O4/c1-9(7-19-11-4-5-18-8-11)14-12-3-2-10(6-13-12)15(16)17/h2-3,6,9,11H,4-5,7-8H2,1H3,(H,13,14). The lowest BCUT2D eigenvalue weighted by atomic mass is 10.3. The molecule has 104 valence electrons. The van der Waals surface area contributed by atoms with E-state index >= 15 is 0 Å². The molecule has 1 aliphatic rings. The average Bonchev–Trinajstić information content (AvgIpc) is 2.90. The molecular weight excluding hydrogens is 250 g/mol. The topological polar surface area (TPSA) is 86.5 Å². The first-order valence-corrected chi connectivity index (χ1v) is 6.21. The Balaban J connectivity index is 1.77. The van der Waals surface area contributed by atoms with Crippen LogP contribution in [0.25, 0.3) is 0 Å². The zero-order valence-electron chi connectivity index (χ0n) is 10.7. The summed E-state index contributed by atoms with van der Waals surface area (Å²) in [5, 5.41) is 13.6. The van der Waals surface area contributed by atoms with Crippen molar-refractivity contribution in [1.82, 2.24) is 4.98 Å². The molecule has 2 atom stereocenters. The van der Waals surface area contributed by atoms with E-state index in [0.29, 0.717) is 19.0 Å². The molecular formula is C12H17N3O4. The molecule has 7 nitrogen and oxygen atoms in total. The molecule has 19 heavy (non-hydrogen) atoms. The molecule has 2 unspecified atom stereocenters. The van der Waals surface area contributed by atoms with Crippen LogP contribution in [0.15, 0.2) is 18.3 Å². The van der Waals surface area contributed by atoms with Gasteiger partial charge in [0, 0.05) is 18.7 Å². The molecule has 1 saturated heterocycles. The van der Waals surface area contributed by atoms with Crippen LogP contribution in [-0.2, 0) is 9.47 Å². The number of nitrogens with zero attached hydrogens (tertiary/aromatic N) is 2. The fraction of sp³-hybridized carbons (Fsp3) is 0.583. The number of hydrogen-bond acceptors (Lipinski definition) is 6. The first-order valence-electron chi connectivity index (χ1n) is 6.21. The highest BCUT2D eigenvalue weighted by molar-refractivity contribution is 5.40. The molecule has 2 rings (SSSR count). The van der Waals surface area contributed by atoms with Crippen LogP contribution in [0, 0.1) is 10.1 Å². The molecule has 0 radical (unpaired) electrons. The maximum Gasteiger partial charge on any atom is 0.287 e. The highest BCUT2D eigenvalue weighted by atomic mass is 16.6. The van der Waals surface area contributed by atoms with Crippen molar-refractivity contribution in [2.75, 3.05) is 25.1 Å². The Hall–Kier alpha value is -1.73. The Morgan fingerprint density at radius 3 is 3.11 bits per heavy atom. The molecule has 1 fully saturated rings. The number of ether oxygens (including phenoxy) is 2. The van der Waals surface area contributed by atoms with Crippen molar-refractivity contribution in [3.05, 3.63) is 28.4 Å². The van der Waals surface area contributed by atoms with E-state index in [-0.39, 0.29) is 17.8 Å². The lowest BCUT2D eigenvalue weighted by molar-refractivity contribution is -0.385. The summed E-state index contributed by atoms with van der Waals surface area (Å²) in [6.45, 7) is 3.94. The Labute approximate surface area is 111 Å². The van der Waals surface area contributed by atoms with Gasteiger partial charge >= 0.3 is 0 Å². The maximum absolute atomic E-state index is 10.5. The largest absolute Gasteiger partial charge is 0.379 e. The monoisotopic (exact) mass is 267 g/mol. The maximum atomic E-state index is 10.5. The van der Waals surface area contributed by atoms with Crippen molar-refractivity contribution in [1.29, 1.82) is 0 Å². The molecule has 2 heterocycles. The number of nitro groups is 1. The number of rotatable bonds is 6. The number of anilines is 1. The molecule has 1 aromatic rings. The van der Waals surface area contributed by atoms with Gasteiger partial charge in [0.15, 0.2) is 0 Å². The van der Waals surface area contributed by atoms with Gasteiger partial charge in [-0.3, -0.25) is 10.1 Å². The minimum atomic E-state index is -0.469. The van der Waals surface area contributed by atoms with E-state index in [9.17, 15) is 10.1 Å². The van der Waals surface area contributed by atoms with Gasteiger partial charge in [-0.1, -0.05) is 0 Å². The second-order valence-electron chi connectivity index (χ2n) is 4.52. The quantitative estimate of drug-likeness (QED) is 0.622. The Morgan fingerprint density at radius 2 is 2.53 bits per heavy atom. The van der Waals surface area contributed by atoms with E-state index in [0.717, 1.165) is 13.0 Å². The fourth-order valence-electron chi connectivity index (χ4n) is 1.80. The van der Waals surface area contributed by atoms with E-state index in [2.05, 4.69) is 10.3 Å². The summed E-state index contributed by atoms with van der Waals surface area (Å²) >= 11 is 0. The summed E-state index contributed by atoms with van der Waals surface area (Å²) in [6, 6.07) is 3.09. The zero-order valence-corrected chi connectivity index (χ0v) is 10.7. The Kier molecular flexibility index (Phi) is 4.64. The van der Waals surface area contributed by atoms with Gasteiger partial charge < -0.3 is 14.8 Å². The van der Waals surface area contributed by atoms with E-state index in [1.165, 1.54) is 12.3 Å². The third-order valence-corrected chi connectivity index (χ3v) is 2.82. The molecule has 0 amide bonds. The smallest absolute Gasteiger partial charge is 0.287 e. The summed E-state index contributed by atoms with van der Waals surface area (Å²) in [5.74, 6) is 0.601. The van der Waals surface area contributed by atoms with Gasteiger partial charge in [0.1, 0.15) is 12.0 Å². The second kappa shape index (κ2) is 6.44. The van der Waals surface area contributed by atoms with Crippen LogP contribution in [0.1, 0.15) is 13.3 Å². The second-order valence-corrected chi connectivity index (χ2v) is 4.52. The highest BCUT2D eigenvalue weighted by Crippen LogP contribution is 2.13. The lowest BCUT2D eigenvalue weighted by Crippen LogP contribution is -2.26. The van der Waals surface area contributed by atoms with Crippen molar-refractivity contribution >= 4 is 11.5 Å². The molecule has 7 heteroatoms. The Bertz CT molecular complexity index is 417. The van der Waals surface area contributed by atoms with Crippen molar-refractivity contribution in [2.24, 2.45) is 0 Å². The summed E-state index contributed by atoms with van der Waals surface area (Å²) in [7, 11) is 0. The zero-order chi connectivity index (χ0) is 13.7. The van der Waals surface area contributed by atoms with Crippen molar-refractivity contribution < 1.29 is 14.4 Å². The summed E-state index contributed by atoms with van der Waals surface area (Å²) in [4.78, 5) is 14.0. The number of nitrogens with one attached hydrogen (secondary N) is 1. The summed E-state index contributed by atoms with van der Waals surface area (Å²) < 4.78 is 10.9.